The van der Waals surface area contributed by atoms with Crippen LogP contribution in [0.15, 0.2) is 76.7 Å². The SMILES string of the molecule is CCOC(=O)C1=C(C)N=c2s/c(=C/c3cc(Br)c(Sc4nccc(C)n4)o3)c(=O)n2[C@@H]1c1cc(OC)ccc1OC. The van der Waals surface area contributed by atoms with Gasteiger partial charge in [0.05, 0.1) is 41.1 Å². The fourth-order valence-corrected chi connectivity index (χ4v) is 6.68. The van der Waals surface area contributed by atoms with Gasteiger partial charge in [0.1, 0.15) is 23.3 Å². The smallest absolute Gasteiger partial charge is 0.338 e. The standard InChI is InChI=1S/C28H25BrN4O6S2/c1-6-38-25(35)22-15(3)32-28-33(23(22)18-11-16(36-4)7-8-20(18)37-5)24(34)21(40-28)13-17-12-19(29)26(39-17)41-27-30-10-9-14(2)31-27/h7-13,23H,6H2,1-5H3/b21-13+/t23-/m1/s1. The zero-order chi connectivity index (χ0) is 29.3. The van der Waals surface area contributed by atoms with Crippen molar-refractivity contribution in [3.05, 3.63) is 89.0 Å². The van der Waals surface area contributed by atoms with Crippen LogP contribution in [0.1, 0.15) is 36.9 Å². The Labute approximate surface area is 251 Å². The number of ether oxygens (including phenoxy) is 3. The molecule has 10 nitrogen and oxygen atoms in total. The van der Waals surface area contributed by atoms with E-state index in [1.165, 1.54) is 34.8 Å². The number of aromatic nitrogens is 3. The molecule has 13 heteroatoms. The molecule has 1 aliphatic heterocycles. The zero-order valence-corrected chi connectivity index (χ0v) is 26.0. The summed E-state index contributed by atoms with van der Waals surface area (Å²) >= 11 is 5.99. The van der Waals surface area contributed by atoms with Gasteiger partial charge >= 0.3 is 5.97 Å². The van der Waals surface area contributed by atoms with Gasteiger partial charge in [-0.1, -0.05) is 11.3 Å². The molecule has 0 amide bonds. The van der Waals surface area contributed by atoms with Gasteiger partial charge in [-0.3, -0.25) is 9.36 Å². The maximum absolute atomic E-state index is 14.0. The van der Waals surface area contributed by atoms with Gasteiger partial charge in [-0.15, -0.1) is 0 Å². The van der Waals surface area contributed by atoms with Crippen molar-refractivity contribution in [3.8, 4) is 11.5 Å². The lowest BCUT2D eigenvalue weighted by Crippen LogP contribution is -2.40. The topological polar surface area (TPSA) is 118 Å². The minimum atomic E-state index is -0.856. The van der Waals surface area contributed by atoms with Crippen LogP contribution in [-0.4, -0.2) is 41.3 Å². The fourth-order valence-electron chi connectivity index (χ4n) is 4.34. The van der Waals surface area contributed by atoms with E-state index in [2.05, 4.69) is 30.9 Å². The number of furan rings is 1. The molecule has 4 heterocycles. The Hall–Kier alpha value is -3.68. The maximum atomic E-state index is 14.0. The summed E-state index contributed by atoms with van der Waals surface area (Å²) < 4.78 is 25.1. The van der Waals surface area contributed by atoms with E-state index in [1.807, 2.05) is 13.0 Å². The normalized spacial score (nSPS) is 15.0. The second kappa shape index (κ2) is 12.0. The molecule has 0 N–H and O–H groups in total. The molecule has 3 aromatic heterocycles. The quantitative estimate of drug-likeness (QED) is 0.201. The van der Waals surface area contributed by atoms with Gasteiger partial charge in [0.2, 0.25) is 0 Å². The highest BCUT2D eigenvalue weighted by atomic mass is 79.9. The lowest BCUT2D eigenvalue weighted by molar-refractivity contribution is -0.139. The van der Waals surface area contributed by atoms with Crippen LogP contribution in [0.25, 0.3) is 6.08 Å². The molecule has 0 saturated carbocycles. The predicted octanol–water partition coefficient (Wildman–Crippen LogP) is 4.42. The van der Waals surface area contributed by atoms with Crippen molar-refractivity contribution in [3.63, 3.8) is 0 Å². The molecular weight excluding hydrogens is 632 g/mol. The van der Waals surface area contributed by atoms with Crippen molar-refractivity contribution >= 4 is 51.1 Å². The van der Waals surface area contributed by atoms with Gasteiger partial charge in [0.25, 0.3) is 5.56 Å². The maximum Gasteiger partial charge on any atom is 0.338 e. The molecule has 0 fully saturated rings. The Kier molecular flexibility index (Phi) is 8.47. The summed E-state index contributed by atoms with van der Waals surface area (Å²) in [6.45, 7) is 5.51. The second-order valence-corrected chi connectivity index (χ2v) is 11.6. The number of allylic oxidation sites excluding steroid dienone is 1. The van der Waals surface area contributed by atoms with Gasteiger partial charge in [0.15, 0.2) is 15.1 Å². The van der Waals surface area contributed by atoms with Gasteiger partial charge in [-0.25, -0.2) is 19.8 Å². The van der Waals surface area contributed by atoms with Gasteiger partial charge in [-0.05, 0) is 78.8 Å². The van der Waals surface area contributed by atoms with E-state index >= 15 is 0 Å². The van der Waals surface area contributed by atoms with Crippen LogP contribution in [0.3, 0.4) is 0 Å². The molecule has 212 valence electrons. The van der Waals surface area contributed by atoms with Crippen molar-refractivity contribution in [1.82, 2.24) is 14.5 Å². The Morgan fingerprint density at radius 2 is 2.02 bits per heavy atom. The highest BCUT2D eigenvalue weighted by molar-refractivity contribution is 9.10. The number of benzene rings is 1. The molecule has 5 rings (SSSR count). The average molecular weight is 658 g/mol. The zero-order valence-electron chi connectivity index (χ0n) is 22.8. The van der Waals surface area contributed by atoms with E-state index in [1.54, 1.807) is 57.5 Å². The second-order valence-electron chi connectivity index (χ2n) is 8.78. The molecule has 0 unspecified atom stereocenters. The summed E-state index contributed by atoms with van der Waals surface area (Å²) in [5, 5.41) is 1.09. The summed E-state index contributed by atoms with van der Waals surface area (Å²) in [4.78, 5) is 40.9. The van der Waals surface area contributed by atoms with E-state index in [9.17, 15) is 9.59 Å². The highest BCUT2D eigenvalue weighted by Crippen LogP contribution is 2.38. The van der Waals surface area contributed by atoms with Gasteiger partial charge in [0, 0.05) is 23.5 Å². The number of hydrogen-bond donors (Lipinski definition) is 0. The molecule has 4 aromatic rings. The number of esters is 1. The molecule has 1 atom stereocenters. The third-order valence-electron chi connectivity index (χ3n) is 6.15. The molecule has 41 heavy (non-hydrogen) atoms. The van der Waals surface area contributed by atoms with E-state index in [0.717, 1.165) is 5.69 Å². The van der Waals surface area contributed by atoms with Crippen molar-refractivity contribution in [2.24, 2.45) is 4.99 Å². The molecule has 0 radical (unpaired) electrons. The number of aryl methyl sites for hydroxylation is 1. The van der Waals surface area contributed by atoms with Crippen LogP contribution in [0.5, 0.6) is 11.5 Å². The first-order valence-electron chi connectivity index (χ1n) is 12.4. The van der Waals surface area contributed by atoms with Crippen LogP contribution in [0, 0.1) is 6.92 Å². The molecule has 1 aromatic carbocycles. The number of rotatable bonds is 8. The van der Waals surface area contributed by atoms with Gasteiger partial charge in [-0.2, -0.15) is 0 Å². The Morgan fingerprint density at radius 1 is 1.22 bits per heavy atom. The summed E-state index contributed by atoms with van der Waals surface area (Å²) in [5.74, 6) is 0.919. The predicted molar refractivity (Wildman–Crippen MR) is 157 cm³/mol. The first-order valence-corrected chi connectivity index (χ1v) is 14.8. The summed E-state index contributed by atoms with van der Waals surface area (Å²) in [6, 6.07) is 7.96. The average Bonchev–Trinajstić information content (AvgIpc) is 3.44. The first-order chi connectivity index (χ1) is 19.7. The van der Waals surface area contributed by atoms with E-state index in [4.69, 9.17) is 18.6 Å². The number of fused-ring (bicyclic) bond motifs is 1. The molecule has 0 saturated heterocycles. The van der Waals surface area contributed by atoms with E-state index in [0.29, 0.717) is 52.6 Å². The molecule has 0 spiro atoms. The summed E-state index contributed by atoms with van der Waals surface area (Å²) in [7, 11) is 3.07. The largest absolute Gasteiger partial charge is 0.497 e. The first kappa shape index (κ1) is 28.8. The van der Waals surface area contributed by atoms with Crippen LogP contribution in [0.2, 0.25) is 0 Å². The van der Waals surface area contributed by atoms with E-state index in [-0.39, 0.29) is 17.7 Å². The van der Waals surface area contributed by atoms with Crippen molar-refractivity contribution < 1.29 is 23.4 Å². The minimum Gasteiger partial charge on any atom is -0.497 e. The number of carbonyl (C=O) groups excluding carboxylic acids is 1. The van der Waals surface area contributed by atoms with E-state index < -0.39 is 12.0 Å². The summed E-state index contributed by atoms with van der Waals surface area (Å²) in [6.07, 6.45) is 3.34. The highest BCUT2D eigenvalue weighted by Gasteiger charge is 2.35. The van der Waals surface area contributed by atoms with Crippen LogP contribution >= 0.6 is 39.0 Å². The Morgan fingerprint density at radius 3 is 2.73 bits per heavy atom. The van der Waals surface area contributed by atoms with Crippen molar-refractivity contribution in [2.45, 2.75) is 37.1 Å². The molecule has 1 aliphatic rings. The fraction of sp³-hybridized carbons (Fsp3) is 0.250. The number of hydrogen-bond acceptors (Lipinski definition) is 11. The van der Waals surface area contributed by atoms with Crippen molar-refractivity contribution in [2.75, 3.05) is 20.8 Å². The van der Waals surface area contributed by atoms with Crippen LogP contribution in [0.4, 0.5) is 0 Å². The number of methoxy groups -OCH3 is 2. The number of thiazole rings is 1. The van der Waals surface area contributed by atoms with Crippen molar-refractivity contribution in [1.29, 1.82) is 0 Å². The number of nitrogens with zero attached hydrogens (tertiary/aromatic N) is 4. The molecular formula is C28H25BrN4O6S2. The van der Waals surface area contributed by atoms with Crippen LogP contribution in [-0.2, 0) is 9.53 Å². The number of halogens is 1. The Bertz CT molecular complexity index is 1860. The lowest BCUT2D eigenvalue weighted by Gasteiger charge is -2.26. The third-order valence-corrected chi connectivity index (χ3v) is 8.86. The summed E-state index contributed by atoms with van der Waals surface area (Å²) in [5.41, 5.74) is 1.75. The minimum absolute atomic E-state index is 0.170. The molecule has 0 bridgehead atoms. The monoisotopic (exact) mass is 656 g/mol. The lowest BCUT2D eigenvalue weighted by atomic mass is 9.95. The van der Waals surface area contributed by atoms with Gasteiger partial charge < -0.3 is 18.6 Å². The number of carbonyl (C=O) groups is 1. The van der Waals surface area contributed by atoms with Crippen LogP contribution < -0.4 is 24.4 Å². The molecule has 0 aliphatic carbocycles. The third kappa shape index (κ3) is 5.74. The Balaban J connectivity index is 1.65.